The van der Waals surface area contributed by atoms with E-state index in [1.54, 1.807) is 24.3 Å². The molecule has 1 N–H and O–H groups in total. The maximum Gasteiger partial charge on any atom is 0.236 e. The van der Waals surface area contributed by atoms with Crippen LogP contribution in [-0.4, -0.2) is 27.9 Å². The zero-order chi connectivity index (χ0) is 16.9. The summed E-state index contributed by atoms with van der Waals surface area (Å²) in [7, 11) is -2.34. The second-order valence-electron chi connectivity index (χ2n) is 4.55. The maximum atomic E-state index is 13.4. The average molecular weight is 343 g/mol. The Hall–Kier alpha value is -2.35. The van der Waals surface area contributed by atoms with Crippen LogP contribution in [0.2, 0.25) is 0 Å². The van der Waals surface area contributed by atoms with Crippen LogP contribution in [0.4, 0.5) is 14.5 Å². The first-order valence-corrected chi connectivity index (χ1v) is 8.28. The van der Waals surface area contributed by atoms with Gasteiger partial charge in [0.05, 0.1) is 12.8 Å². The van der Waals surface area contributed by atoms with Crippen LogP contribution in [0.15, 0.2) is 42.5 Å². The van der Waals surface area contributed by atoms with Gasteiger partial charge < -0.3 is 9.47 Å². The number of methoxy groups -OCH3 is 1. The molecule has 2 rings (SSSR count). The third-order valence-electron chi connectivity index (χ3n) is 2.90. The summed E-state index contributed by atoms with van der Waals surface area (Å²) in [6.07, 6.45) is 0. The second-order valence-corrected chi connectivity index (χ2v) is 6.39. The molecule has 0 fully saturated rings. The van der Waals surface area contributed by atoms with Gasteiger partial charge in [-0.1, -0.05) is 6.07 Å². The van der Waals surface area contributed by atoms with Gasteiger partial charge in [-0.2, -0.15) is 0 Å². The molecule has 0 aliphatic rings. The molecule has 0 aliphatic carbocycles. The first-order chi connectivity index (χ1) is 10.9. The lowest BCUT2D eigenvalue weighted by atomic mass is 10.3. The number of hydrogen-bond donors (Lipinski definition) is 1. The van der Waals surface area contributed by atoms with E-state index < -0.39 is 33.1 Å². The van der Waals surface area contributed by atoms with Gasteiger partial charge in [0.2, 0.25) is 10.0 Å². The Bertz CT molecular complexity index is 764. The quantitative estimate of drug-likeness (QED) is 0.840. The molecule has 0 bridgehead atoms. The van der Waals surface area contributed by atoms with Crippen molar-refractivity contribution in [3.63, 3.8) is 0 Å². The van der Waals surface area contributed by atoms with Gasteiger partial charge in [0.1, 0.15) is 23.9 Å². The third-order valence-corrected chi connectivity index (χ3v) is 4.13. The number of nitrogens with one attached hydrogen (secondary N) is 1. The van der Waals surface area contributed by atoms with Crippen LogP contribution in [0.25, 0.3) is 0 Å². The van der Waals surface area contributed by atoms with Gasteiger partial charge >= 0.3 is 0 Å². The molecule has 0 aliphatic heterocycles. The van der Waals surface area contributed by atoms with E-state index in [1.165, 1.54) is 13.2 Å². The minimum Gasteiger partial charge on any atom is -0.497 e. The lowest BCUT2D eigenvalue weighted by Gasteiger charge is -2.10. The van der Waals surface area contributed by atoms with Gasteiger partial charge in [0.15, 0.2) is 11.6 Å². The van der Waals surface area contributed by atoms with Crippen LogP contribution in [0, 0.1) is 11.6 Å². The molecule has 2 aromatic rings. The van der Waals surface area contributed by atoms with Crippen molar-refractivity contribution in [3.8, 4) is 11.5 Å². The summed E-state index contributed by atoms with van der Waals surface area (Å²) in [5.74, 6) is -1.66. The molecule has 0 unspecified atom stereocenters. The summed E-state index contributed by atoms with van der Waals surface area (Å²) in [5, 5.41) is 0. The molecule has 0 aromatic heterocycles. The van der Waals surface area contributed by atoms with E-state index >= 15 is 0 Å². The number of rotatable bonds is 7. The molecule has 0 radical (unpaired) electrons. The number of benzene rings is 2. The monoisotopic (exact) mass is 343 g/mol. The van der Waals surface area contributed by atoms with Crippen LogP contribution in [0.1, 0.15) is 0 Å². The van der Waals surface area contributed by atoms with Crippen molar-refractivity contribution in [1.82, 2.24) is 0 Å². The van der Waals surface area contributed by atoms with Crippen molar-refractivity contribution >= 4 is 15.7 Å². The highest BCUT2D eigenvalue weighted by Crippen LogP contribution is 2.19. The van der Waals surface area contributed by atoms with Crippen molar-refractivity contribution in [2.24, 2.45) is 0 Å². The summed E-state index contributed by atoms with van der Waals surface area (Å²) in [4.78, 5) is 0. The summed E-state index contributed by atoms with van der Waals surface area (Å²) in [5.41, 5.74) is -0.436. The number of ether oxygens (including phenoxy) is 2. The Morgan fingerprint density at radius 2 is 1.70 bits per heavy atom. The van der Waals surface area contributed by atoms with E-state index in [4.69, 9.17) is 9.47 Å². The molecule has 0 saturated carbocycles. The molecule has 2 aromatic carbocycles. The fraction of sp³-hybridized carbons (Fsp3) is 0.200. The van der Waals surface area contributed by atoms with Gasteiger partial charge in [-0.15, -0.1) is 0 Å². The molecule has 5 nitrogen and oxygen atoms in total. The highest BCUT2D eigenvalue weighted by Gasteiger charge is 2.15. The molecule has 124 valence electrons. The number of hydrogen-bond acceptors (Lipinski definition) is 4. The molecule has 0 spiro atoms. The van der Waals surface area contributed by atoms with E-state index in [0.717, 1.165) is 12.1 Å². The summed E-state index contributed by atoms with van der Waals surface area (Å²) in [6, 6.07) is 9.86. The van der Waals surface area contributed by atoms with E-state index in [0.29, 0.717) is 11.5 Å². The van der Waals surface area contributed by atoms with Gasteiger partial charge in [-0.25, -0.2) is 17.2 Å². The molecule has 0 saturated heterocycles. The normalized spacial score (nSPS) is 11.1. The molecular weight excluding hydrogens is 328 g/mol. The first kappa shape index (κ1) is 17.0. The highest BCUT2D eigenvalue weighted by atomic mass is 32.2. The first-order valence-electron chi connectivity index (χ1n) is 6.62. The lowest BCUT2D eigenvalue weighted by Crippen LogP contribution is -2.22. The maximum absolute atomic E-state index is 13.4. The fourth-order valence-corrected chi connectivity index (χ4v) is 2.64. The zero-order valence-corrected chi connectivity index (χ0v) is 13.1. The highest BCUT2D eigenvalue weighted by molar-refractivity contribution is 7.92. The number of anilines is 1. The average Bonchev–Trinajstić information content (AvgIpc) is 2.52. The predicted molar refractivity (Wildman–Crippen MR) is 82.3 cm³/mol. The van der Waals surface area contributed by atoms with Crippen molar-refractivity contribution < 1.29 is 26.7 Å². The summed E-state index contributed by atoms with van der Waals surface area (Å²) >= 11 is 0. The Labute approximate surface area is 132 Å². The Morgan fingerprint density at radius 3 is 2.35 bits per heavy atom. The van der Waals surface area contributed by atoms with Gasteiger partial charge in [0, 0.05) is 0 Å². The van der Waals surface area contributed by atoms with Crippen molar-refractivity contribution in [3.05, 3.63) is 54.1 Å². The minimum atomic E-state index is -3.86. The van der Waals surface area contributed by atoms with Gasteiger partial charge in [-0.05, 0) is 36.4 Å². The van der Waals surface area contributed by atoms with E-state index in [-0.39, 0.29) is 6.61 Å². The largest absolute Gasteiger partial charge is 0.497 e. The van der Waals surface area contributed by atoms with Gasteiger partial charge in [0.25, 0.3) is 0 Å². The summed E-state index contributed by atoms with van der Waals surface area (Å²) < 4.78 is 62.5. The van der Waals surface area contributed by atoms with E-state index in [9.17, 15) is 17.2 Å². The Kier molecular flexibility index (Phi) is 5.38. The standard InChI is InChI=1S/C15H15F2NO4S/c1-21-11-5-7-12(8-6-11)22-9-10-23(19,20)18-14-4-2-3-13(16)15(14)17/h2-8,18H,9-10H2,1H3. The number of sulfonamides is 1. The Morgan fingerprint density at radius 1 is 1.04 bits per heavy atom. The molecule has 0 heterocycles. The molecular formula is C15H15F2NO4S. The SMILES string of the molecule is COc1ccc(OCCS(=O)(=O)Nc2cccc(F)c2F)cc1. The fourth-order valence-electron chi connectivity index (χ4n) is 1.74. The molecule has 23 heavy (non-hydrogen) atoms. The predicted octanol–water partition coefficient (Wildman–Crippen LogP) is 2.79. The minimum absolute atomic E-state index is 0.140. The van der Waals surface area contributed by atoms with Crippen molar-refractivity contribution in [1.29, 1.82) is 0 Å². The topological polar surface area (TPSA) is 64.6 Å². The van der Waals surface area contributed by atoms with E-state index in [1.807, 2.05) is 4.72 Å². The molecule has 8 heteroatoms. The van der Waals surface area contributed by atoms with Crippen LogP contribution in [-0.2, 0) is 10.0 Å². The van der Waals surface area contributed by atoms with Crippen molar-refractivity contribution in [2.75, 3.05) is 24.2 Å². The van der Waals surface area contributed by atoms with E-state index in [2.05, 4.69) is 0 Å². The van der Waals surface area contributed by atoms with Crippen LogP contribution < -0.4 is 14.2 Å². The van der Waals surface area contributed by atoms with Crippen LogP contribution >= 0.6 is 0 Å². The molecule has 0 amide bonds. The Balaban J connectivity index is 1.92. The smallest absolute Gasteiger partial charge is 0.236 e. The second kappa shape index (κ2) is 7.28. The lowest BCUT2D eigenvalue weighted by molar-refractivity contribution is 0.340. The summed E-state index contributed by atoms with van der Waals surface area (Å²) in [6.45, 7) is -0.140. The molecule has 0 atom stereocenters. The van der Waals surface area contributed by atoms with Gasteiger partial charge in [-0.3, -0.25) is 4.72 Å². The zero-order valence-electron chi connectivity index (χ0n) is 12.3. The number of halogens is 2. The van der Waals surface area contributed by atoms with Crippen LogP contribution in [0.3, 0.4) is 0 Å². The van der Waals surface area contributed by atoms with Crippen molar-refractivity contribution in [2.45, 2.75) is 0 Å². The van der Waals surface area contributed by atoms with Crippen LogP contribution in [0.5, 0.6) is 11.5 Å². The third kappa shape index (κ3) is 4.82.